The molecule has 2 aliphatic heterocycles. The number of amides is 1. The van der Waals surface area contributed by atoms with Crippen molar-refractivity contribution in [3.63, 3.8) is 0 Å². The van der Waals surface area contributed by atoms with Gasteiger partial charge in [0.1, 0.15) is 48.8 Å². The highest BCUT2D eigenvalue weighted by Crippen LogP contribution is 2.30. The molecule has 2 fully saturated rings. The number of hydrogen-bond acceptors (Lipinski definition) is 13. The van der Waals surface area contributed by atoms with E-state index in [0.29, 0.717) is 12.8 Å². The Morgan fingerprint density at radius 1 is 0.379 bits per heavy atom. The molecule has 0 aromatic carbocycles. The first kappa shape index (κ1) is 88.5. The lowest BCUT2D eigenvalue weighted by molar-refractivity contribution is -0.359. The van der Waals surface area contributed by atoms with Gasteiger partial charge in [0.2, 0.25) is 5.91 Å². The van der Waals surface area contributed by atoms with E-state index in [1.54, 1.807) is 6.08 Å². The van der Waals surface area contributed by atoms with Gasteiger partial charge in [-0.2, -0.15) is 0 Å². The number of allylic oxidation sites excluding steroid dienone is 11. The topological polar surface area (TPSA) is 228 Å². The molecule has 2 saturated heterocycles. The largest absolute Gasteiger partial charge is 0.394 e. The summed E-state index contributed by atoms with van der Waals surface area (Å²) in [6.07, 6.45) is 72.7. The van der Waals surface area contributed by atoms with Crippen molar-refractivity contribution >= 4 is 5.91 Å². The van der Waals surface area contributed by atoms with Gasteiger partial charge in [-0.05, 0) is 83.5 Å². The molecule has 14 heteroatoms. The number of unbranched alkanes of at least 4 members (excludes halogenated alkanes) is 43. The van der Waals surface area contributed by atoms with Gasteiger partial charge in [-0.3, -0.25) is 4.79 Å². The average Bonchev–Trinajstić information content (AvgIpc) is 0.801. The molecule has 0 spiro atoms. The third kappa shape index (κ3) is 48.0. The van der Waals surface area contributed by atoms with Crippen LogP contribution in [0.5, 0.6) is 0 Å². The minimum absolute atomic E-state index is 0.250. The van der Waals surface area contributed by atoms with Crippen LogP contribution < -0.4 is 5.32 Å². The van der Waals surface area contributed by atoms with Crippen LogP contribution in [0.2, 0.25) is 0 Å². The van der Waals surface area contributed by atoms with Crippen LogP contribution in [-0.2, 0) is 23.7 Å². The Balaban J connectivity index is 1.65. The first-order valence-electron chi connectivity index (χ1n) is 39.7. The molecule has 2 aliphatic rings. The van der Waals surface area contributed by atoms with Crippen molar-refractivity contribution in [1.29, 1.82) is 0 Å². The molecule has 2 rings (SSSR count). The number of aliphatic hydroxyl groups is 8. The minimum atomic E-state index is -1.80. The first-order chi connectivity index (χ1) is 46.6. The summed E-state index contributed by atoms with van der Waals surface area (Å²) in [5.74, 6) is -0.250. The van der Waals surface area contributed by atoms with Gasteiger partial charge in [0.05, 0.1) is 32.0 Å². The Kier molecular flexibility index (Phi) is 60.4. The highest BCUT2D eigenvalue weighted by Gasteiger charge is 2.51. The average molecular weight is 1340 g/mol. The second-order valence-corrected chi connectivity index (χ2v) is 27.8. The normalized spacial score (nSPS) is 22.7. The molecule has 2 heterocycles. The second-order valence-electron chi connectivity index (χ2n) is 27.8. The molecule has 12 unspecified atom stereocenters. The van der Waals surface area contributed by atoms with Crippen LogP contribution in [0.3, 0.4) is 0 Å². The van der Waals surface area contributed by atoms with E-state index >= 15 is 0 Å². The SMILES string of the molecule is CCCCCCC/C=C\C/C=C\C/C=C\CCCCCCCCCCCCCCCCCCC(=O)NC(COC1OC(CO)C(OC2OC(CO)C(O)C(O)C2O)C(O)C1O)C(O)/C=C/CC/C=C/CC/C=C/CCCCCCCCCCCCCCCCCCCCCC. The molecule has 1 amide bonds. The van der Waals surface area contributed by atoms with E-state index in [1.165, 1.54) is 250 Å². The van der Waals surface area contributed by atoms with Crippen LogP contribution in [0.1, 0.15) is 341 Å². The van der Waals surface area contributed by atoms with E-state index in [2.05, 4.69) is 79.9 Å². The number of ether oxygens (including phenoxy) is 4. The van der Waals surface area contributed by atoms with E-state index < -0.39 is 86.8 Å². The first-order valence-corrected chi connectivity index (χ1v) is 39.7. The van der Waals surface area contributed by atoms with Gasteiger partial charge in [0.15, 0.2) is 12.6 Å². The maximum atomic E-state index is 13.4. The Bertz CT molecular complexity index is 1870. The predicted octanol–water partition coefficient (Wildman–Crippen LogP) is 17.7. The van der Waals surface area contributed by atoms with Crippen molar-refractivity contribution in [1.82, 2.24) is 5.32 Å². The molecular weight excluding hydrogens is 1190 g/mol. The van der Waals surface area contributed by atoms with Crippen molar-refractivity contribution in [2.24, 2.45) is 0 Å². The van der Waals surface area contributed by atoms with Crippen LogP contribution in [-0.4, -0.2) is 140 Å². The molecule has 554 valence electrons. The number of carbonyl (C=O) groups excluding carboxylic acids is 1. The standard InChI is InChI=1S/C81H147NO13/c1-3-5-7-9-11-13-15-17-19-21-23-25-27-29-31-33-35-37-39-41-43-45-47-49-51-53-55-57-59-61-63-65-73(86)82-69(68-92-80-78(91)76(89)79(72(67-84)94-80)95-81-77(90)75(88)74(87)71(66-83)93-81)70(85)64-62-60-58-56-54-52-50-48-46-44-42-40-38-36-34-32-30-28-26-24-22-20-18-16-14-12-10-8-6-4-2/h15,17,21,23,27,29,46,48,54,56,62,64,69-72,74-81,83-85,87-91H,3-14,16,18-20,22,24-26,28,30-45,47,49-53,55,57-61,63,65-68H2,1-2H3,(H,82,86)/b17-15-,23-21-,29-27-,48-46+,56-54+,64-62+. The highest BCUT2D eigenvalue weighted by molar-refractivity contribution is 5.76. The zero-order chi connectivity index (χ0) is 68.7. The van der Waals surface area contributed by atoms with E-state index in [9.17, 15) is 45.6 Å². The quantitative estimate of drug-likeness (QED) is 0.0204. The van der Waals surface area contributed by atoms with Crippen molar-refractivity contribution < 1.29 is 64.6 Å². The number of nitrogens with one attached hydrogen (secondary N) is 1. The minimum Gasteiger partial charge on any atom is -0.394 e. The molecule has 0 saturated carbocycles. The number of aliphatic hydroxyl groups excluding tert-OH is 8. The molecule has 0 aliphatic carbocycles. The fourth-order valence-electron chi connectivity index (χ4n) is 12.8. The Labute approximate surface area is 580 Å². The summed E-state index contributed by atoms with van der Waals surface area (Å²) in [5, 5.41) is 87.6. The molecule has 0 radical (unpaired) electrons. The van der Waals surface area contributed by atoms with Crippen LogP contribution in [0, 0.1) is 0 Å². The van der Waals surface area contributed by atoms with Gasteiger partial charge in [0, 0.05) is 6.42 Å². The summed E-state index contributed by atoms with van der Waals surface area (Å²) in [4.78, 5) is 13.4. The van der Waals surface area contributed by atoms with Gasteiger partial charge >= 0.3 is 0 Å². The Morgan fingerprint density at radius 2 is 0.705 bits per heavy atom. The Morgan fingerprint density at radius 3 is 1.11 bits per heavy atom. The van der Waals surface area contributed by atoms with Crippen LogP contribution >= 0.6 is 0 Å². The zero-order valence-electron chi connectivity index (χ0n) is 60.7. The van der Waals surface area contributed by atoms with Crippen LogP contribution in [0.25, 0.3) is 0 Å². The Hall–Kier alpha value is -2.57. The molecule has 0 bridgehead atoms. The lowest BCUT2D eigenvalue weighted by Gasteiger charge is -2.46. The third-order valence-electron chi connectivity index (χ3n) is 19.1. The van der Waals surface area contributed by atoms with Crippen LogP contribution in [0.4, 0.5) is 0 Å². The smallest absolute Gasteiger partial charge is 0.220 e. The summed E-state index contributed by atoms with van der Waals surface area (Å²) >= 11 is 0. The maximum absolute atomic E-state index is 13.4. The molecule has 0 aromatic rings. The van der Waals surface area contributed by atoms with E-state index in [0.717, 1.165) is 57.8 Å². The van der Waals surface area contributed by atoms with Crippen molar-refractivity contribution in [2.45, 2.75) is 415 Å². The monoisotopic (exact) mass is 1340 g/mol. The molecule has 95 heavy (non-hydrogen) atoms. The fraction of sp³-hybridized carbons (Fsp3) is 0.840. The fourth-order valence-corrected chi connectivity index (χ4v) is 12.8. The summed E-state index contributed by atoms with van der Waals surface area (Å²) in [5.41, 5.74) is 0. The molecule has 9 N–H and O–H groups in total. The molecule has 12 atom stereocenters. The van der Waals surface area contributed by atoms with Gasteiger partial charge in [0.25, 0.3) is 0 Å². The van der Waals surface area contributed by atoms with Gasteiger partial charge in [-0.15, -0.1) is 0 Å². The predicted molar refractivity (Wildman–Crippen MR) is 392 cm³/mol. The number of carbonyl (C=O) groups is 1. The molecule has 14 nitrogen and oxygen atoms in total. The van der Waals surface area contributed by atoms with Crippen LogP contribution in [0.15, 0.2) is 72.9 Å². The third-order valence-corrected chi connectivity index (χ3v) is 19.1. The van der Waals surface area contributed by atoms with E-state index in [1.807, 2.05) is 6.08 Å². The van der Waals surface area contributed by atoms with Crippen molar-refractivity contribution in [3.8, 4) is 0 Å². The second kappa shape index (κ2) is 64.8. The lowest BCUT2D eigenvalue weighted by Crippen LogP contribution is -2.65. The summed E-state index contributed by atoms with van der Waals surface area (Å²) in [6.45, 7) is 2.81. The maximum Gasteiger partial charge on any atom is 0.220 e. The van der Waals surface area contributed by atoms with E-state index in [4.69, 9.17) is 18.9 Å². The van der Waals surface area contributed by atoms with E-state index in [-0.39, 0.29) is 18.9 Å². The lowest BCUT2D eigenvalue weighted by atomic mass is 9.97. The van der Waals surface area contributed by atoms with Gasteiger partial charge in [-0.25, -0.2) is 0 Å². The van der Waals surface area contributed by atoms with Gasteiger partial charge < -0.3 is 65.1 Å². The zero-order valence-corrected chi connectivity index (χ0v) is 60.7. The number of hydrogen-bond donors (Lipinski definition) is 9. The summed E-state index contributed by atoms with van der Waals surface area (Å²) in [7, 11) is 0. The molecule has 0 aromatic heterocycles. The van der Waals surface area contributed by atoms with Crippen molar-refractivity contribution in [3.05, 3.63) is 72.9 Å². The van der Waals surface area contributed by atoms with Crippen molar-refractivity contribution in [2.75, 3.05) is 19.8 Å². The molecular formula is C81H147NO13. The number of rotatable bonds is 66. The highest BCUT2D eigenvalue weighted by atomic mass is 16.7. The summed E-state index contributed by atoms with van der Waals surface area (Å²) in [6, 6.07) is -0.943. The summed E-state index contributed by atoms with van der Waals surface area (Å²) < 4.78 is 22.9. The van der Waals surface area contributed by atoms with Gasteiger partial charge in [-0.1, -0.05) is 324 Å².